The standard InChI is InChI=1S/C8H9BO2/c1-6-7-2-4-8(5-3-7)9(10)11-6/h2-6,10H,1H3/t6-/m1/s1. The van der Waals surface area contributed by atoms with Crippen molar-refractivity contribution in [1.82, 2.24) is 0 Å². The Hall–Kier alpha value is -0.795. The SMILES string of the molecule is C[C@H]1OB(O)c2ccc1cc2. The van der Waals surface area contributed by atoms with Crippen LogP contribution in [0.25, 0.3) is 0 Å². The Morgan fingerprint density at radius 2 is 2.00 bits per heavy atom. The first kappa shape index (κ1) is 6.89. The van der Waals surface area contributed by atoms with Crippen molar-refractivity contribution in [3.05, 3.63) is 29.8 Å². The van der Waals surface area contributed by atoms with E-state index in [0.29, 0.717) is 0 Å². The molecule has 56 valence electrons. The number of hydrogen-bond donors (Lipinski definition) is 1. The summed E-state index contributed by atoms with van der Waals surface area (Å²) in [5.74, 6) is 0. The lowest BCUT2D eigenvalue weighted by Gasteiger charge is -2.09. The summed E-state index contributed by atoms with van der Waals surface area (Å²) < 4.78 is 5.25. The summed E-state index contributed by atoms with van der Waals surface area (Å²) in [5.41, 5.74) is 1.95. The summed E-state index contributed by atoms with van der Waals surface area (Å²) in [4.78, 5) is 0. The second-order valence-electron chi connectivity index (χ2n) is 2.80. The van der Waals surface area contributed by atoms with Crippen molar-refractivity contribution in [3.63, 3.8) is 0 Å². The van der Waals surface area contributed by atoms with Crippen molar-refractivity contribution in [2.45, 2.75) is 13.0 Å². The molecule has 0 aromatic heterocycles. The Balaban J connectivity index is 2.48. The van der Waals surface area contributed by atoms with Gasteiger partial charge in [-0.05, 0) is 17.9 Å². The molecule has 0 saturated heterocycles. The third-order valence-corrected chi connectivity index (χ3v) is 2.02. The van der Waals surface area contributed by atoms with E-state index in [1.807, 2.05) is 31.2 Å². The second kappa shape index (κ2) is 2.36. The van der Waals surface area contributed by atoms with Crippen molar-refractivity contribution >= 4 is 12.6 Å². The first-order valence-electron chi connectivity index (χ1n) is 3.71. The third kappa shape index (κ3) is 1.06. The van der Waals surface area contributed by atoms with Gasteiger partial charge in [-0.25, -0.2) is 0 Å². The van der Waals surface area contributed by atoms with Crippen molar-refractivity contribution in [2.24, 2.45) is 0 Å². The highest BCUT2D eigenvalue weighted by atomic mass is 16.5. The van der Waals surface area contributed by atoms with Crippen LogP contribution in [0, 0.1) is 0 Å². The van der Waals surface area contributed by atoms with E-state index in [9.17, 15) is 5.02 Å². The Bertz CT molecular complexity index is 230. The topological polar surface area (TPSA) is 29.5 Å². The van der Waals surface area contributed by atoms with Gasteiger partial charge in [0.2, 0.25) is 0 Å². The minimum Gasteiger partial charge on any atom is -0.423 e. The van der Waals surface area contributed by atoms with E-state index in [1.165, 1.54) is 0 Å². The fourth-order valence-corrected chi connectivity index (χ4v) is 1.28. The zero-order valence-electron chi connectivity index (χ0n) is 6.32. The van der Waals surface area contributed by atoms with Crippen LogP contribution < -0.4 is 5.46 Å². The molecule has 0 fully saturated rings. The maximum absolute atomic E-state index is 9.37. The van der Waals surface area contributed by atoms with Gasteiger partial charge in [0.1, 0.15) is 0 Å². The van der Waals surface area contributed by atoms with E-state index in [1.54, 1.807) is 0 Å². The molecule has 3 rings (SSSR count). The van der Waals surface area contributed by atoms with Gasteiger partial charge in [0.05, 0.1) is 6.10 Å². The Morgan fingerprint density at radius 3 is 2.64 bits per heavy atom. The average Bonchev–Trinajstić information content (AvgIpc) is 2.22. The molecule has 0 radical (unpaired) electrons. The normalized spacial score (nSPS) is 22.0. The molecule has 2 aliphatic rings. The van der Waals surface area contributed by atoms with Gasteiger partial charge in [0.15, 0.2) is 0 Å². The Morgan fingerprint density at radius 1 is 1.36 bits per heavy atom. The van der Waals surface area contributed by atoms with Gasteiger partial charge < -0.3 is 9.68 Å². The summed E-state index contributed by atoms with van der Waals surface area (Å²) in [6.07, 6.45) is -0.00231. The molecule has 2 bridgehead atoms. The quantitative estimate of drug-likeness (QED) is 0.541. The van der Waals surface area contributed by atoms with Crippen LogP contribution in [0.3, 0.4) is 0 Å². The zero-order valence-corrected chi connectivity index (χ0v) is 6.32. The maximum Gasteiger partial charge on any atom is 0.491 e. The maximum atomic E-state index is 9.37. The molecule has 1 N–H and O–H groups in total. The highest BCUT2D eigenvalue weighted by Crippen LogP contribution is 2.18. The van der Waals surface area contributed by atoms with Gasteiger partial charge >= 0.3 is 7.12 Å². The van der Waals surface area contributed by atoms with Gasteiger partial charge in [-0.2, -0.15) is 0 Å². The lowest BCUT2D eigenvalue weighted by atomic mass is 9.80. The van der Waals surface area contributed by atoms with Gasteiger partial charge in [-0.3, -0.25) is 0 Å². The van der Waals surface area contributed by atoms with E-state index in [2.05, 4.69) is 0 Å². The molecule has 1 atom stereocenters. The first-order valence-corrected chi connectivity index (χ1v) is 3.71. The van der Waals surface area contributed by atoms with Gasteiger partial charge in [0.25, 0.3) is 0 Å². The van der Waals surface area contributed by atoms with Crippen molar-refractivity contribution in [1.29, 1.82) is 0 Å². The van der Waals surface area contributed by atoms with Crippen LogP contribution >= 0.6 is 0 Å². The Kier molecular flexibility index (Phi) is 1.48. The largest absolute Gasteiger partial charge is 0.491 e. The monoisotopic (exact) mass is 148 g/mol. The van der Waals surface area contributed by atoms with E-state index in [4.69, 9.17) is 4.65 Å². The van der Waals surface area contributed by atoms with Crippen LogP contribution in [0.15, 0.2) is 24.3 Å². The summed E-state index contributed by atoms with van der Waals surface area (Å²) >= 11 is 0. The van der Waals surface area contributed by atoms with Gasteiger partial charge in [-0.1, -0.05) is 24.3 Å². The second-order valence-corrected chi connectivity index (χ2v) is 2.80. The summed E-state index contributed by atoms with van der Waals surface area (Å²) in [6, 6.07) is 7.75. The molecule has 2 nitrogen and oxygen atoms in total. The first-order chi connectivity index (χ1) is 5.27. The van der Waals surface area contributed by atoms with E-state index in [0.717, 1.165) is 11.0 Å². The molecule has 3 heteroatoms. The van der Waals surface area contributed by atoms with E-state index in [-0.39, 0.29) is 6.10 Å². The van der Waals surface area contributed by atoms with Crippen molar-refractivity contribution in [3.8, 4) is 0 Å². The number of rotatable bonds is 0. The summed E-state index contributed by atoms with van der Waals surface area (Å²) in [6.45, 7) is 1.93. The number of fused-ring (bicyclic) bond motifs is 4. The minimum absolute atomic E-state index is 0.00231. The van der Waals surface area contributed by atoms with Crippen LogP contribution in [0.5, 0.6) is 0 Å². The predicted octanol–water partition coefficient (Wildman–Crippen LogP) is 0.465. The fraction of sp³-hybridized carbons (Fsp3) is 0.250. The van der Waals surface area contributed by atoms with Crippen molar-refractivity contribution in [2.75, 3.05) is 0 Å². The highest BCUT2D eigenvalue weighted by Gasteiger charge is 2.23. The molecule has 2 heterocycles. The molecule has 0 amide bonds. The number of hydrogen-bond acceptors (Lipinski definition) is 2. The molecule has 11 heavy (non-hydrogen) atoms. The third-order valence-electron chi connectivity index (χ3n) is 2.02. The molecular weight excluding hydrogens is 139 g/mol. The van der Waals surface area contributed by atoms with Crippen LogP contribution in [0.2, 0.25) is 0 Å². The summed E-state index contributed by atoms with van der Waals surface area (Å²) in [7, 11) is -0.752. The average molecular weight is 148 g/mol. The van der Waals surface area contributed by atoms with Gasteiger partial charge in [0, 0.05) is 0 Å². The van der Waals surface area contributed by atoms with Crippen LogP contribution in [0.1, 0.15) is 18.6 Å². The van der Waals surface area contributed by atoms with Crippen molar-refractivity contribution < 1.29 is 9.68 Å². The molecule has 0 spiro atoms. The number of benzene rings is 1. The molecule has 2 aliphatic heterocycles. The summed E-state index contributed by atoms with van der Waals surface area (Å²) in [5, 5.41) is 9.37. The van der Waals surface area contributed by atoms with E-state index >= 15 is 0 Å². The van der Waals surface area contributed by atoms with Crippen LogP contribution in [0.4, 0.5) is 0 Å². The molecular formula is C8H9BO2. The zero-order chi connectivity index (χ0) is 7.84. The van der Waals surface area contributed by atoms with Crippen LogP contribution in [-0.4, -0.2) is 12.1 Å². The Labute approximate surface area is 66.0 Å². The smallest absolute Gasteiger partial charge is 0.423 e. The molecule has 1 aromatic rings. The highest BCUT2D eigenvalue weighted by molar-refractivity contribution is 6.60. The van der Waals surface area contributed by atoms with Gasteiger partial charge in [-0.15, -0.1) is 0 Å². The molecule has 0 aliphatic carbocycles. The lowest BCUT2D eigenvalue weighted by molar-refractivity contribution is 0.195. The molecule has 0 saturated carbocycles. The van der Waals surface area contributed by atoms with Crippen LogP contribution in [-0.2, 0) is 4.65 Å². The minimum atomic E-state index is -0.752. The van der Waals surface area contributed by atoms with E-state index < -0.39 is 7.12 Å². The molecule has 1 aromatic carbocycles. The molecule has 0 unspecified atom stereocenters. The lowest BCUT2D eigenvalue weighted by Crippen LogP contribution is -2.31. The predicted molar refractivity (Wildman–Crippen MR) is 43.5 cm³/mol. The fourth-order valence-electron chi connectivity index (χ4n) is 1.28.